The number of amides is 1. The number of hydrogen-bond donors (Lipinski definition) is 1. The summed E-state index contributed by atoms with van der Waals surface area (Å²) < 4.78 is 0.961. The van der Waals surface area contributed by atoms with Crippen LogP contribution in [0.4, 0.5) is 0 Å². The molecule has 98 valence electrons. The van der Waals surface area contributed by atoms with Gasteiger partial charge in [0.05, 0.1) is 5.60 Å². The molecule has 0 radical (unpaired) electrons. The Morgan fingerprint density at radius 1 is 1.39 bits per heavy atom. The maximum Gasteiger partial charge on any atom is 0.267 e. The van der Waals surface area contributed by atoms with Crippen LogP contribution in [0.5, 0.6) is 0 Å². The van der Waals surface area contributed by atoms with Crippen LogP contribution < -0.4 is 5.48 Å². The molecule has 0 aliphatic rings. The van der Waals surface area contributed by atoms with Gasteiger partial charge in [-0.3, -0.25) is 9.63 Å². The van der Waals surface area contributed by atoms with E-state index in [1.54, 1.807) is 6.08 Å². The summed E-state index contributed by atoms with van der Waals surface area (Å²) in [7, 11) is 0. The fraction of sp³-hybridized carbons (Fsp3) is 0.357. The Kier molecular flexibility index (Phi) is 5.11. The Bertz CT molecular complexity index is 461. The molecule has 1 aromatic rings. The number of nitrogens with one attached hydrogen (secondary N) is 1. The molecule has 0 aromatic heterocycles. The first-order chi connectivity index (χ1) is 8.28. The molecule has 0 fully saturated rings. The minimum absolute atomic E-state index is 0.280. The molecule has 1 rings (SSSR count). The lowest BCUT2D eigenvalue weighted by molar-refractivity contribution is -0.140. The van der Waals surface area contributed by atoms with Crippen molar-refractivity contribution in [1.82, 2.24) is 5.48 Å². The molecule has 1 aromatic carbocycles. The lowest BCUT2D eigenvalue weighted by atomic mass is 10.1. The molecule has 4 heteroatoms. The highest BCUT2D eigenvalue weighted by Gasteiger charge is 2.11. The fourth-order valence-electron chi connectivity index (χ4n) is 1.17. The Morgan fingerprint density at radius 2 is 2.06 bits per heavy atom. The van der Waals surface area contributed by atoms with Crippen molar-refractivity contribution in [2.45, 2.75) is 33.3 Å². The highest BCUT2D eigenvalue weighted by molar-refractivity contribution is 9.10. The van der Waals surface area contributed by atoms with Crippen LogP contribution in [0.2, 0.25) is 0 Å². The normalized spacial score (nSPS) is 11.8. The smallest absolute Gasteiger partial charge is 0.267 e. The third-order valence-corrected chi connectivity index (χ3v) is 2.71. The molecule has 0 bridgehead atoms. The van der Waals surface area contributed by atoms with Crippen LogP contribution in [0.15, 0.2) is 28.7 Å². The van der Waals surface area contributed by atoms with E-state index in [-0.39, 0.29) is 5.91 Å². The molecule has 0 saturated heterocycles. The first-order valence-corrected chi connectivity index (χ1v) is 6.49. The van der Waals surface area contributed by atoms with Gasteiger partial charge in [0.2, 0.25) is 0 Å². The maximum atomic E-state index is 11.5. The summed E-state index contributed by atoms with van der Waals surface area (Å²) in [5, 5.41) is 0. The van der Waals surface area contributed by atoms with E-state index in [0.717, 1.165) is 10.0 Å². The number of benzene rings is 1. The van der Waals surface area contributed by atoms with Crippen molar-refractivity contribution in [3.8, 4) is 0 Å². The van der Waals surface area contributed by atoms with E-state index >= 15 is 0 Å². The zero-order valence-electron chi connectivity index (χ0n) is 11.1. The van der Waals surface area contributed by atoms with Crippen LogP contribution in [-0.4, -0.2) is 11.5 Å². The Morgan fingerprint density at radius 3 is 2.61 bits per heavy atom. The summed E-state index contributed by atoms with van der Waals surface area (Å²) in [4.78, 5) is 16.7. The fourth-order valence-corrected chi connectivity index (χ4v) is 1.80. The third kappa shape index (κ3) is 5.47. The zero-order valence-corrected chi connectivity index (χ0v) is 12.7. The number of rotatable bonds is 3. The molecule has 0 spiro atoms. The van der Waals surface area contributed by atoms with Crippen molar-refractivity contribution in [1.29, 1.82) is 0 Å². The summed E-state index contributed by atoms with van der Waals surface area (Å²) in [5.74, 6) is -0.280. The van der Waals surface area contributed by atoms with E-state index in [0.29, 0.717) is 0 Å². The van der Waals surface area contributed by atoms with E-state index in [1.165, 1.54) is 11.6 Å². The van der Waals surface area contributed by atoms with Gasteiger partial charge in [-0.1, -0.05) is 28.1 Å². The minimum Gasteiger partial charge on any atom is -0.268 e. The molecule has 0 aliphatic carbocycles. The van der Waals surface area contributed by atoms with Gasteiger partial charge >= 0.3 is 0 Å². The summed E-state index contributed by atoms with van der Waals surface area (Å²) in [6, 6.07) is 5.95. The van der Waals surface area contributed by atoms with E-state index in [4.69, 9.17) is 4.84 Å². The standard InChI is InChI=1S/C14H18BrNO2/c1-10-5-6-11(12(15)9-10)7-8-13(17)16-18-14(2,3)4/h5-9H,1-4H3,(H,16,17)/b8-7+. The SMILES string of the molecule is Cc1ccc(/C=C/C(=O)NOC(C)(C)C)c(Br)c1. The summed E-state index contributed by atoms with van der Waals surface area (Å²) in [6.07, 6.45) is 3.19. The van der Waals surface area contributed by atoms with E-state index in [1.807, 2.05) is 45.9 Å². The van der Waals surface area contributed by atoms with Crippen LogP contribution in [0, 0.1) is 6.92 Å². The Balaban J connectivity index is 2.61. The summed E-state index contributed by atoms with van der Waals surface area (Å²) >= 11 is 3.45. The van der Waals surface area contributed by atoms with Crippen LogP contribution >= 0.6 is 15.9 Å². The van der Waals surface area contributed by atoms with Gasteiger partial charge in [-0.05, 0) is 51.0 Å². The number of halogens is 1. The molecule has 0 unspecified atom stereocenters. The summed E-state index contributed by atoms with van der Waals surface area (Å²) in [5.41, 5.74) is 4.10. The largest absolute Gasteiger partial charge is 0.268 e. The molecule has 18 heavy (non-hydrogen) atoms. The first-order valence-electron chi connectivity index (χ1n) is 5.70. The molecule has 0 aliphatic heterocycles. The molecular weight excluding hydrogens is 294 g/mol. The quantitative estimate of drug-likeness (QED) is 0.684. The predicted molar refractivity (Wildman–Crippen MR) is 76.9 cm³/mol. The lowest BCUT2D eigenvalue weighted by Crippen LogP contribution is -2.32. The van der Waals surface area contributed by atoms with E-state index in [2.05, 4.69) is 21.4 Å². The molecular formula is C14H18BrNO2. The number of hydrogen-bond acceptors (Lipinski definition) is 2. The van der Waals surface area contributed by atoms with Gasteiger partial charge in [-0.15, -0.1) is 0 Å². The van der Waals surface area contributed by atoms with Gasteiger partial charge in [0.25, 0.3) is 5.91 Å². The summed E-state index contributed by atoms with van der Waals surface area (Å²) in [6.45, 7) is 7.62. The second-order valence-corrected chi connectivity index (χ2v) is 5.89. The topological polar surface area (TPSA) is 38.3 Å². The van der Waals surface area contributed by atoms with Crippen LogP contribution in [0.1, 0.15) is 31.9 Å². The van der Waals surface area contributed by atoms with Crippen LogP contribution in [0.3, 0.4) is 0 Å². The van der Waals surface area contributed by atoms with Gasteiger partial charge in [0.15, 0.2) is 0 Å². The second-order valence-electron chi connectivity index (χ2n) is 5.04. The van der Waals surface area contributed by atoms with Gasteiger partial charge in [-0.2, -0.15) is 0 Å². The monoisotopic (exact) mass is 311 g/mol. The highest BCUT2D eigenvalue weighted by Crippen LogP contribution is 2.19. The molecule has 0 atom stereocenters. The van der Waals surface area contributed by atoms with Crippen molar-refractivity contribution in [2.24, 2.45) is 0 Å². The highest BCUT2D eigenvalue weighted by atomic mass is 79.9. The van der Waals surface area contributed by atoms with Crippen LogP contribution in [-0.2, 0) is 9.63 Å². The maximum absolute atomic E-state index is 11.5. The lowest BCUT2D eigenvalue weighted by Gasteiger charge is -2.18. The van der Waals surface area contributed by atoms with Crippen molar-refractivity contribution in [3.05, 3.63) is 39.9 Å². The van der Waals surface area contributed by atoms with Gasteiger partial charge in [0, 0.05) is 10.5 Å². The van der Waals surface area contributed by atoms with Gasteiger partial charge < -0.3 is 0 Å². The molecule has 3 nitrogen and oxygen atoms in total. The van der Waals surface area contributed by atoms with Crippen molar-refractivity contribution in [3.63, 3.8) is 0 Å². The number of carbonyl (C=O) groups excluding carboxylic acids is 1. The van der Waals surface area contributed by atoms with Gasteiger partial charge in [0.1, 0.15) is 0 Å². The number of aryl methyl sites for hydroxylation is 1. The van der Waals surface area contributed by atoms with Crippen LogP contribution in [0.25, 0.3) is 6.08 Å². The number of carbonyl (C=O) groups is 1. The first kappa shape index (κ1) is 14.9. The number of hydroxylamine groups is 1. The van der Waals surface area contributed by atoms with Crippen molar-refractivity contribution < 1.29 is 9.63 Å². The minimum atomic E-state index is -0.395. The van der Waals surface area contributed by atoms with Crippen molar-refractivity contribution in [2.75, 3.05) is 0 Å². The molecule has 0 heterocycles. The average Bonchev–Trinajstić information content (AvgIpc) is 2.24. The second kappa shape index (κ2) is 6.16. The van der Waals surface area contributed by atoms with Crippen molar-refractivity contribution >= 4 is 27.9 Å². The van der Waals surface area contributed by atoms with E-state index in [9.17, 15) is 4.79 Å². The molecule has 0 saturated carbocycles. The van der Waals surface area contributed by atoms with E-state index < -0.39 is 5.60 Å². The zero-order chi connectivity index (χ0) is 13.8. The predicted octanol–water partition coefficient (Wildman–Crippen LogP) is 3.62. The third-order valence-electron chi connectivity index (χ3n) is 2.03. The Labute approximate surface area is 116 Å². The molecule has 1 N–H and O–H groups in total. The van der Waals surface area contributed by atoms with Gasteiger partial charge in [-0.25, -0.2) is 5.48 Å². The average molecular weight is 312 g/mol. The Hall–Kier alpha value is -1.13. The molecule has 1 amide bonds.